The number of carbonyl (C=O) groups excluding carboxylic acids is 1. The van der Waals surface area contributed by atoms with Gasteiger partial charge in [-0.15, -0.1) is 0 Å². The van der Waals surface area contributed by atoms with Crippen LogP contribution in [0, 0.1) is 11.7 Å². The zero-order chi connectivity index (χ0) is 23.1. The largest absolute Gasteiger partial charge is 0.465 e. The summed E-state index contributed by atoms with van der Waals surface area (Å²) in [4.78, 5) is 20.7. The molecule has 3 heterocycles. The number of anilines is 1. The topological polar surface area (TPSA) is 98.8 Å². The zero-order valence-corrected chi connectivity index (χ0v) is 16.9. The molecule has 2 aliphatic rings. The van der Waals surface area contributed by atoms with Crippen LogP contribution in [0.5, 0.6) is 0 Å². The number of fused-ring (bicyclic) bond motifs is 1. The Kier molecular flexibility index (Phi) is 5.53. The monoisotopic (exact) mass is 452 g/mol. The van der Waals surface area contributed by atoms with Crippen molar-refractivity contribution in [2.45, 2.75) is 31.2 Å². The molecule has 0 saturated carbocycles. The van der Waals surface area contributed by atoms with E-state index in [4.69, 9.17) is 15.2 Å². The number of pyridine rings is 1. The van der Waals surface area contributed by atoms with Crippen molar-refractivity contribution in [1.29, 1.82) is 0 Å². The van der Waals surface area contributed by atoms with Gasteiger partial charge >= 0.3 is 6.18 Å². The van der Waals surface area contributed by atoms with Crippen LogP contribution in [0.1, 0.15) is 28.5 Å². The van der Waals surface area contributed by atoms with Crippen LogP contribution in [0.25, 0.3) is 0 Å². The number of aliphatic imine (C=N–C) groups is 1. The molecule has 1 aromatic heterocycles. The summed E-state index contributed by atoms with van der Waals surface area (Å²) in [6.45, 7) is 0.967. The summed E-state index contributed by atoms with van der Waals surface area (Å²) in [5.41, 5.74) is 4.96. The number of hydrogen-bond donors (Lipinski definition) is 2. The molecule has 4 rings (SSSR count). The Morgan fingerprint density at radius 3 is 2.75 bits per heavy atom. The SMILES string of the molecule is CCc1ccc(C(=O)Nc2ccc(F)c([C@]34CO[C@H](C(F)(F)F)[C@H]3COC(N)=N4)c2)nc1. The van der Waals surface area contributed by atoms with Gasteiger partial charge in [0.15, 0.2) is 6.10 Å². The van der Waals surface area contributed by atoms with Gasteiger partial charge in [-0.2, -0.15) is 13.2 Å². The lowest BCUT2D eigenvalue weighted by atomic mass is 9.77. The molecule has 170 valence electrons. The fraction of sp³-hybridized carbons (Fsp3) is 0.381. The fourth-order valence-electron chi connectivity index (χ4n) is 3.99. The maximum Gasteiger partial charge on any atom is 0.415 e. The van der Waals surface area contributed by atoms with Crippen molar-refractivity contribution in [3.05, 3.63) is 59.2 Å². The van der Waals surface area contributed by atoms with Crippen molar-refractivity contribution in [3.8, 4) is 0 Å². The molecule has 1 amide bonds. The number of halogens is 4. The van der Waals surface area contributed by atoms with Gasteiger partial charge < -0.3 is 20.5 Å². The van der Waals surface area contributed by atoms with Crippen LogP contribution in [-0.4, -0.2) is 42.4 Å². The molecule has 0 bridgehead atoms. The molecule has 2 aliphatic heterocycles. The minimum absolute atomic E-state index is 0.138. The first kappa shape index (κ1) is 22.0. The lowest BCUT2D eigenvalue weighted by molar-refractivity contribution is -0.219. The van der Waals surface area contributed by atoms with Crippen LogP contribution in [-0.2, 0) is 21.4 Å². The summed E-state index contributed by atoms with van der Waals surface area (Å²) < 4.78 is 65.4. The van der Waals surface area contributed by atoms with Crippen molar-refractivity contribution in [1.82, 2.24) is 4.98 Å². The Hall–Kier alpha value is -3.21. The number of nitrogens with two attached hydrogens (primary N) is 1. The number of aryl methyl sites for hydroxylation is 1. The highest BCUT2D eigenvalue weighted by Crippen LogP contribution is 2.50. The predicted octanol–water partition coefficient (Wildman–Crippen LogP) is 3.15. The van der Waals surface area contributed by atoms with Gasteiger partial charge in [0.2, 0.25) is 0 Å². The normalized spacial score (nSPS) is 25.0. The molecule has 1 fully saturated rings. The second-order valence-electron chi connectivity index (χ2n) is 7.62. The van der Waals surface area contributed by atoms with E-state index in [2.05, 4.69) is 15.3 Å². The quantitative estimate of drug-likeness (QED) is 0.695. The molecule has 7 nitrogen and oxygen atoms in total. The number of carbonyl (C=O) groups is 1. The number of ether oxygens (including phenoxy) is 2. The number of amides is 1. The third kappa shape index (κ3) is 3.88. The summed E-state index contributed by atoms with van der Waals surface area (Å²) in [6, 6.07) is 6.54. The summed E-state index contributed by atoms with van der Waals surface area (Å²) in [7, 11) is 0. The molecule has 1 saturated heterocycles. The first-order chi connectivity index (χ1) is 15.1. The van der Waals surface area contributed by atoms with E-state index in [9.17, 15) is 22.4 Å². The van der Waals surface area contributed by atoms with Gasteiger partial charge in [0.05, 0.1) is 19.1 Å². The first-order valence-electron chi connectivity index (χ1n) is 9.87. The summed E-state index contributed by atoms with van der Waals surface area (Å²) in [6.07, 6.45) is -4.57. The van der Waals surface area contributed by atoms with E-state index in [1.165, 1.54) is 12.1 Å². The Bertz CT molecular complexity index is 1060. The molecule has 32 heavy (non-hydrogen) atoms. The van der Waals surface area contributed by atoms with Gasteiger partial charge in [0, 0.05) is 17.4 Å². The highest BCUT2D eigenvalue weighted by atomic mass is 19.4. The zero-order valence-electron chi connectivity index (χ0n) is 16.9. The molecule has 0 radical (unpaired) electrons. The van der Waals surface area contributed by atoms with E-state index in [1.807, 2.05) is 6.92 Å². The number of benzene rings is 1. The number of aromatic nitrogens is 1. The number of nitrogens with one attached hydrogen (secondary N) is 1. The molecule has 11 heteroatoms. The Balaban J connectivity index is 1.68. The smallest absolute Gasteiger partial charge is 0.415 e. The molecule has 0 unspecified atom stereocenters. The van der Waals surface area contributed by atoms with E-state index in [1.54, 1.807) is 18.3 Å². The van der Waals surface area contributed by atoms with E-state index in [0.29, 0.717) is 0 Å². The van der Waals surface area contributed by atoms with E-state index in [-0.39, 0.29) is 23.0 Å². The van der Waals surface area contributed by atoms with Crippen molar-refractivity contribution in [3.63, 3.8) is 0 Å². The van der Waals surface area contributed by atoms with Crippen LogP contribution in [0.2, 0.25) is 0 Å². The van der Waals surface area contributed by atoms with Crippen molar-refractivity contribution >= 4 is 17.6 Å². The summed E-state index contributed by atoms with van der Waals surface area (Å²) in [5, 5.41) is 2.59. The lowest BCUT2D eigenvalue weighted by Gasteiger charge is -2.36. The minimum atomic E-state index is -4.70. The molecule has 3 N–H and O–H groups in total. The van der Waals surface area contributed by atoms with Gasteiger partial charge in [0.25, 0.3) is 11.9 Å². The first-order valence-corrected chi connectivity index (χ1v) is 9.87. The van der Waals surface area contributed by atoms with Crippen LogP contribution < -0.4 is 11.1 Å². The standard InChI is InChI=1S/C21H20F4N4O3/c1-2-11-3-6-16(27-8-11)18(30)28-12-4-5-15(22)13(7-12)20-10-32-17(21(23,24)25)14(20)9-31-19(26)29-20/h3-8,14,17H,2,9-10H2,1H3,(H2,26,29)(H,28,30)/t14-,17+,20-/m1/s1. The highest BCUT2D eigenvalue weighted by Gasteiger charge is 2.62. The maximum atomic E-state index is 14.9. The Labute approximate surface area is 180 Å². The van der Waals surface area contributed by atoms with Gasteiger partial charge in [-0.1, -0.05) is 13.0 Å². The van der Waals surface area contributed by atoms with E-state index in [0.717, 1.165) is 18.1 Å². The minimum Gasteiger partial charge on any atom is -0.465 e. The third-order valence-corrected chi connectivity index (χ3v) is 5.66. The lowest BCUT2D eigenvalue weighted by Crippen LogP contribution is -2.48. The maximum absolute atomic E-state index is 14.9. The van der Waals surface area contributed by atoms with Gasteiger partial charge in [-0.3, -0.25) is 9.78 Å². The summed E-state index contributed by atoms with van der Waals surface area (Å²) in [5.74, 6) is -2.70. The Morgan fingerprint density at radius 2 is 2.09 bits per heavy atom. The van der Waals surface area contributed by atoms with E-state index >= 15 is 0 Å². The predicted molar refractivity (Wildman–Crippen MR) is 107 cm³/mol. The average Bonchev–Trinajstić information content (AvgIpc) is 3.15. The van der Waals surface area contributed by atoms with Crippen LogP contribution >= 0.6 is 0 Å². The van der Waals surface area contributed by atoms with Crippen LogP contribution in [0.3, 0.4) is 0 Å². The van der Waals surface area contributed by atoms with Gasteiger partial charge in [0.1, 0.15) is 17.1 Å². The molecule has 1 aromatic carbocycles. The van der Waals surface area contributed by atoms with Crippen molar-refractivity contribution in [2.75, 3.05) is 18.5 Å². The van der Waals surface area contributed by atoms with Crippen molar-refractivity contribution in [2.24, 2.45) is 16.6 Å². The average molecular weight is 452 g/mol. The number of rotatable bonds is 4. The molecule has 3 atom stereocenters. The third-order valence-electron chi connectivity index (χ3n) is 5.66. The van der Waals surface area contributed by atoms with Crippen LogP contribution in [0.15, 0.2) is 41.5 Å². The molecule has 2 aromatic rings. The summed E-state index contributed by atoms with van der Waals surface area (Å²) >= 11 is 0. The number of amidine groups is 1. The van der Waals surface area contributed by atoms with E-state index < -0.39 is 48.7 Å². The van der Waals surface area contributed by atoms with Crippen LogP contribution in [0.4, 0.5) is 23.2 Å². The molecular formula is C21H20F4N4O3. The Morgan fingerprint density at radius 1 is 1.31 bits per heavy atom. The van der Waals surface area contributed by atoms with Crippen molar-refractivity contribution < 1.29 is 31.8 Å². The van der Waals surface area contributed by atoms with Gasteiger partial charge in [-0.05, 0) is 36.2 Å². The number of alkyl halides is 3. The highest BCUT2D eigenvalue weighted by molar-refractivity contribution is 6.02. The molecule has 0 aliphatic carbocycles. The molecule has 0 spiro atoms. The fourth-order valence-corrected chi connectivity index (χ4v) is 3.99. The number of nitrogens with zero attached hydrogens (tertiary/aromatic N) is 2. The second-order valence-corrected chi connectivity index (χ2v) is 7.62. The molecular weight excluding hydrogens is 432 g/mol. The van der Waals surface area contributed by atoms with Gasteiger partial charge in [-0.25, -0.2) is 9.38 Å². The second kappa shape index (κ2) is 8.05. The number of hydrogen-bond acceptors (Lipinski definition) is 6.